The summed E-state index contributed by atoms with van der Waals surface area (Å²) in [7, 11) is -0.715. The van der Waals surface area contributed by atoms with Gasteiger partial charge in [0.1, 0.15) is 17.4 Å². The molecule has 0 aliphatic carbocycles. The molecule has 11 heteroatoms. The van der Waals surface area contributed by atoms with Crippen LogP contribution >= 0.6 is 0 Å². The van der Waals surface area contributed by atoms with Crippen LogP contribution in [0.25, 0.3) is 22.4 Å². The molecular weight excluding hydrogens is 475 g/mol. The molecule has 0 saturated heterocycles. The molecule has 1 aromatic carbocycles. The molecule has 0 aliphatic heterocycles. The van der Waals surface area contributed by atoms with E-state index in [4.69, 9.17) is 4.42 Å². The fourth-order valence-electron chi connectivity index (χ4n) is 3.71. The van der Waals surface area contributed by atoms with Crippen molar-refractivity contribution in [3.05, 3.63) is 47.3 Å². The van der Waals surface area contributed by atoms with Crippen molar-refractivity contribution in [1.82, 2.24) is 15.6 Å². The largest absolute Gasteiger partial charge is 0.437 e. The number of amides is 2. The topological polar surface area (TPSA) is 122 Å². The van der Waals surface area contributed by atoms with E-state index in [2.05, 4.69) is 15.6 Å². The van der Waals surface area contributed by atoms with E-state index in [1.807, 2.05) is 0 Å². The summed E-state index contributed by atoms with van der Waals surface area (Å²) in [6, 6.07) is 7.25. The fourth-order valence-corrected chi connectivity index (χ4v) is 4.18. The van der Waals surface area contributed by atoms with Crippen LogP contribution in [0.2, 0.25) is 0 Å². The molecule has 3 rings (SSSR count). The number of pyridine rings is 1. The number of anilines is 1. The maximum atomic E-state index is 13.5. The number of unbranched alkanes of at least 4 members (excludes halogenated alkanes) is 2. The second kappa shape index (κ2) is 10.9. The number of hydrogen-bond acceptors (Lipinski definition) is 6. The van der Waals surface area contributed by atoms with Crippen LogP contribution in [0.4, 0.5) is 10.2 Å². The zero-order valence-electron chi connectivity index (χ0n) is 20.1. The molecule has 0 saturated carbocycles. The Kier molecular flexibility index (Phi) is 8.11. The van der Waals surface area contributed by atoms with Crippen molar-refractivity contribution < 1.29 is 26.8 Å². The molecule has 2 N–H and O–H groups in total. The van der Waals surface area contributed by atoms with Gasteiger partial charge in [0.05, 0.1) is 17.2 Å². The lowest BCUT2D eigenvalue weighted by Gasteiger charge is -2.19. The summed E-state index contributed by atoms with van der Waals surface area (Å²) < 4.78 is 45.1. The minimum Gasteiger partial charge on any atom is -0.437 e. The molecule has 188 valence electrons. The number of benzene rings is 1. The number of halogens is 1. The van der Waals surface area contributed by atoms with E-state index >= 15 is 0 Å². The van der Waals surface area contributed by atoms with E-state index < -0.39 is 21.7 Å². The molecule has 0 spiro atoms. The second-order valence-electron chi connectivity index (χ2n) is 8.24. The molecule has 2 aromatic heterocycles. The smallest absolute Gasteiger partial charge is 0.255 e. The monoisotopic (exact) mass is 504 g/mol. The van der Waals surface area contributed by atoms with Gasteiger partial charge in [0.25, 0.3) is 5.91 Å². The molecular formula is C24H29FN4O5S. The van der Waals surface area contributed by atoms with Gasteiger partial charge < -0.3 is 15.1 Å². The van der Waals surface area contributed by atoms with Crippen molar-refractivity contribution in [2.24, 2.45) is 0 Å². The summed E-state index contributed by atoms with van der Waals surface area (Å²) in [4.78, 5) is 28.3. The first kappa shape index (κ1) is 26.1. The van der Waals surface area contributed by atoms with E-state index in [0.29, 0.717) is 29.5 Å². The predicted octanol–water partition coefficient (Wildman–Crippen LogP) is 3.24. The van der Waals surface area contributed by atoms with Gasteiger partial charge in [-0.3, -0.25) is 13.9 Å². The highest BCUT2D eigenvalue weighted by atomic mass is 32.2. The van der Waals surface area contributed by atoms with Gasteiger partial charge in [-0.25, -0.2) is 12.8 Å². The zero-order valence-corrected chi connectivity index (χ0v) is 21.0. The Labute approximate surface area is 203 Å². The zero-order chi connectivity index (χ0) is 25.8. The molecule has 0 atom stereocenters. The van der Waals surface area contributed by atoms with Crippen LogP contribution < -0.4 is 14.9 Å². The first-order chi connectivity index (χ1) is 16.5. The average Bonchev–Trinajstić information content (AvgIpc) is 3.17. The van der Waals surface area contributed by atoms with Crippen LogP contribution in [0, 0.1) is 5.82 Å². The van der Waals surface area contributed by atoms with Gasteiger partial charge in [-0.15, -0.1) is 0 Å². The maximum absolute atomic E-state index is 13.5. The molecule has 0 bridgehead atoms. The van der Waals surface area contributed by atoms with Crippen molar-refractivity contribution in [1.29, 1.82) is 0 Å². The Balaban J connectivity index is 2.08. The van der Waals surface area contributed by atoms with Crippen LogP contribution in [0.5, 0.6) is 0 Å². The van der Waals surface area contributed by atoms with Gasteiger partial charge >= 0.3 is 0 Å². The Morgan fingerprint density at radius 1 is 1.14 bits per heavy atom. The molecule has 0 radical (unpaired) electrons. The summed E-state index contributed by atoms with van der Waals surface area (Å²) in [5.74, 6) is -0.495. The number of carbonyl (C=O) groups is 2. The number of rotatable bonds is 10. The highest BCUT2D eigenvalue weighted by molar-refractivity contribution is 7.92. The summed E-state index contributed by atoms with van der Waals surface area (Å²) in [5.41, 5.74) is 1.46. The van der Waals surface area contributed by atoms with Gasteiger partial charge in [-0.2, -0.15) is 4.98 Å². The number of sulfonamides is 1. The van der Waals surface area contributed by atoms with Crippen LogP contribution in [-0.4, -0.2) is 52.1 Å². The predicted molar refractivity (Wildman–Crippen MR) is 132 cm³/mol. The van der Waals surface area contributed by atoms with Crippen LogP contribution in [0.1, 0.15) is 42.1 Å². The van der Waals surface area contributed by atoms with E-state index in [1.54, 1.807) is 6.07 Å². The van der Waals surface area contributed by atoms with Gasteiger partial charge in [-0.05, 0) is 55.2 Å². The third kappa shape index (κ3) is 6.16. The Bertz CT molecular complexity index is 1340. The molecule has 0 fully saturated rings. The van der Waals surface area contributed by atoms with Crippen molar-refractivity contribution in [2.45, 2.75) is 32.6 Å². The molecule has 9 nitrogen and oxygen atoms in total. The standard InChI is InChI=1S/C24H29FN4O5S/c1-15(30)27-13-7-5-6-8-17-14-19-20(23(31)26-2)21(16-9-11-18(25)12-10-16)34-24(19)28-22(17)29(3)35(4,32)33/h9-12,14H,5-8,13H2,1-4H3,(H,26,31)(H,27,30). The van der Waals surface area contributed by atoms with E-state index in [0.717, 1.165) is 29.8 Å². The third-order valence-electron chi connectivity index (χ3n) is 5.59. The Morgan fingerprint density at radius 3 is 2.43 bits per heavy atom. The quantitative estimate of drug-likeness (QED) is 0.409. The molecule has 2 amide bonds. The number of nitrogens with one attached hydrogen (secondary N) is 2. The van der Waals surface area contributed by atoms with E-state index in [9.17, 15) is 22.4 Å². The fraction of sp³-hybridized carbons (Fsp3) is 0.375. The van der Waals surface area contributed by atoms with Crippen LogP contribution in [0.3, 0.4) is 0 Å². The van der Waals surface area contributed by atoms with Crippen molar-refractivity contribution in [3.8, 4) is 11.3 Å². The molecule has 3 aromatic rings. The number of fused-ring (bicyclic) bond motifs is 1. The third-order valence-corrected chi connectivity index (χ3v) is 6.76. The number of nitrogens with zero attached hydrogens (tertiary/aromatic N) is 2. The lowest BCUT2D eigenvalue weighted by molar-refractivity contribution is -0.118. The maximum Gasteiger partial charge on any atom is 0.255 e. The second-order valence-corrected chi connectivity index (χ2v) is 10.3. The first-order valence-corrected chi connectivity index (χ1v) is 13.0. The molecule has 0 aliphatic rings. The van der Waals surface area contributed by atoms with Crippen molar-refractivity contribution >= 4 is 38.8 Å². The summed E-state index contributed by atoms with van der Waals surface area (Å²) in [5, 5.41) is 5.78. The van der Waals surface area contributed by atoms with Crippen molar-refractivity contribution in [3.63, 3.8) is 0 Å². The Hall–Kier alpha value is -3.47. The molecule has 2 heterocycles. The number of aryl methyl sites for hydroxylation is 1. The van der Waals surface area contributed by atoms with Gasteiger partial charge in [-0.1, -0.05) is 6.42 Å². The van der Waals surface area contributed by atoms with Gasteiger partial charge in [0.2, 0.25) is 21.6 Å². The number of carbonyl (C=O) groups excluding carboxylic acids is 2. The highest BCUT2D eigenvalue weighted by Crippen LogP contribution is 2.36. The van der Waals surface area contributed by atoms with Crippen LogP contribution in [0.15, 0.2) is 34.7 Å². The lowest BCUT2D eigenvalue weighted by Crippen LogP contribution is -2.27. The van der Waals surface area contributed by atoms with Crippen molar-refractivity contribution in [2.75, 3.05) is 31.2 Å². The lowest BCUT2D eigenvalue weighted by atomic mass is 10.0. The minimum atomic E-state index is -3.62. The normalized spacial score (nSPS) is 11.5. The van der Waals surface area contributed by atoms with Crippen LogP contribution in [-0.2, 0) is 21.2 Å². The molecule has 0 unspecified atom stereocenters. The molecule has 35 heavy (non-hydrogen) atoms. The summed E-state index contributed by atoms with van der Waals surface area (Å²) >= 11 is 0. The summed E-state index contributed by atoms with van der Waals surface area (Å²) in [6.07, 6.45) is 3.88. The van der Waals surface area contributed by atoms with Gasteiger partial charge in [0.15, 0.2) is 0 Å². The average molecular weight is 505 g/mol. The first-order valence-electron chi connectivity index (χ1n) is 11.2. The number of hydrogen-bond donors (Lipinski definition) is 2. The van der Waals surface area contributed by atoms with E-state index in [-0.39, 0.29) is 28.8 Å². The Morgan fingerprint density at radius 2 is 1.83 bits per heavy atom. The minimum absolute atomic E-state index is 0.0876. The highest BCUT2D eigenvalue weighted by Gasteiger charge is 2.26. The SMILES string of the molecule is CNC(=O)c1c(-c2ccc(F)cc2)oc2nc(N(C)S(C)(=O)=O)c(CCCCCNC(C)=O)cc12. The van der Waals surface area contributed by atoms with Gasteiger partial charge in [0, 0.05) is 33.1 Å². The number of aromatic nitrogens is 1. The van der Waals surface area contributed by atoms with E-state index in [1.165, 1.54) is 45.3 Å². The summed E-state index contributed by atoms with van der Waals surface area (Å²) in [6.45, 7) is 2.02. The number of furan rings is 1.